The Morgan fingerprint density at radius 1 is 1.53 bits per heavy atom. The minimum atomic E-state index is -0.618. The van der Waals surface area contributed by atoms with E-state index in [2.05, 4.69) is 16.6 Å². The van der Waals surface area contributed by atoms with Crippen molar-refractivity contribution in [3.8, 4) is 11.8 Å². The van der Waals surface area contributed by atoms with Crippen molar-refractivity contribution in [2.75, 3.05) is 7.11 Å². The molecule has 0 N–H and O–H groups in total. The van der Waals surface area contributed by atoms with Crippen molar-refractivity contribution in [3.05, 3.63) is 34.6 Å². The molecule has 0 fully saturated rings. The molecule has 0 atom stereocenters. The molecule has 88 valence electrons. The minimum Gasteiger partial charge on any atom is -0.468 e. The van der Waals surface area contributed by atoms with Gasteiger partial charge in [-0.15, -0.1) is 0 Å². The molecule has 17 heavy (non-hydrogen) atoms. The van der Waals surface area contributed by atoms with Crippen molar-refractivity contribution < 1.29 is 18.7 Å². The number of esters is 1. The average molecular weight is 234 g/mol. The summed E-state index contributed by atoms with van der Waals surface area (Å²) in [6.45, 7) is 1.72. The fourth-order valence-electron chi connectivity index (χ4n) is 1.26. The second-order valence-electron chi connectivity index (χ2n) is 3.33. The summed E-state index contributed by atoms with van der Waals surface area (Å²) in [6, 6.07) is 2.75. The van der Waals surface area contributed by atoms with Crippen molar-refractivity contribution in [2.45, 2.75) is 13.3 Å². The summed E-state index contributed by atoms with van der Waals surface area (Å²) in [6.07, 6.45) is 0.329. The van der Waals surface area contributed by atoms with Crippen LogP contribution in [0, 0.1) is 24.6 Å². The Bertz CT molecular complexity index is 509. The molecule has 1 aromatic rings. The van der Waals surface area contributed by atoms with E-state index in [-0.39, 0.29) is 12.0 Å². The van der Waals surface area contributed by atoms with E-state index in [0.717, 1.165) is 0 Å². The van der Waals surface area contributed by atoms with Gasteiger partial charge in [-0.3, -0.25) is 9.59 Å². The van der Waals surface area contributed by atoms with E-state index < -0.39 is 11.8 Å². The van der Waals surface area contributed by atoms with Crippen LogP contribution in [0.3, 0.4) is 0 Å². The summed E-state index contributed by atoms with van der Waals surface area (Å²) in [4.78, 5) is 21.6. The predicted octanol–water partition coefficient (Wildman–Crippen LogP) is 1.86. The van der Waals surface area contributed by atoms with Crippen LogP contribution in [0.25, 0.3) is 0 Å². The van der Waals surface area contributed by atoms with Gasteiger partial charge in [0.15, 0.2) is 6.29 Å². The number of halogens is 1. The quantitative estimate of drug-likeness (QED) is 0.445. The molecule has 0 heterocycles. The Kier molecular flexibility index (Phi) is 4.41. The van der Waals surface area contributed by atoms with Crippen molar-refractivity contribution in [1.29, 1.82) is 0 Å². The number of ether oxygens (including phenoxy) is 1. The van der Waals surface area contributed by atoms with Gasteiger partial charge in [-0.05, 0) is 18.6 Å². The molecular formula is C13H11FO3. The molecular weight excluding hydrogens is 223 g/mol. The zero-order valence-corrected chi connectivity index (χ0v) is 9.54. The maximum Gasteiger partial charge on any atom is 0.317 e. The van der Waals surface area contributed by atoms with Gasteiger partial charge in [-0.1, -0.05) is 17.9 Å². The normalized spacial score (nSPS) is 9.12. The van der Waals surface area contributed by atoms with Gasteiger partial charge in [0.25, 0.3) is 0 Å². The summed E-state index contributed by atoms with van der Waals surface area (Å²) < 4.78 is 17.7. The molecule has 0 unspecified atom stereocenters. The predicted molar refractivity (Wildman–Crippen MR) is 60.0 cm³/mol. The van der Waals surface area contributed by atoms with E-state index >= 15 is 0 Å². The highest BCUT2D eigenvalue weighted by Crippen LogP contribution is 2.15. The molecule has 1 aromatic carbocycles. The fourth-order valence-corrected chi connectivity index (χ4v) is 1.26. The molecule has 0 aromatic heterocycles. The lowest BCUT2D eigenvalue weighted by molar-refractivity contribution is -0.139. The van der Waals surface area contributed by atoms with Crippen LogP contribution >= 0.6 is 0 Å². The Labute approximate surface area is 98.6 Å². The van der Waals surface area contributed by atoms with Crippen LogP contribution < -0.4 is 0 Å². The molecule has 3 nitrogen and oxygen atoms in total. The smallest absolute Gasteiger partial charge is 0.317 e. The summed E-state index contributed by atoms with van der Waals surface area (Å²) in [5.74, 6) is 4.07. The van der Waals surface area contributed by atoms with Gasteiger partial charge in [-0.2, -0.15) is 0 Å². The van der Waals surface area contributed by atoms with Gasteiger partial charge in [0, 0.05) is 5.56 Å². The number of methoxy groups -OCH3 is 1. The number of carbonyl (C=O) groups excluding carboxylic acids is 2. The number of aryl methyl sites for hydroxylation is 1. The first kappa shape index (κ1) is 12.9. The first-order valence-electron chi connectivity index (χ1n) is 4.90. The van der Waals surface area contributed by atoms with Crippen LogP contribution in [-0.4, -0.2) is 19.4 Å². The molecule has 0 radical (unpaired) electrons. The lowest BCUT2D eigenvalue weighted by Crippen LogP contribution is -1.98. The molecule has 0 amide bonds. The van der Waals surface area contributed by atoms with Crippen LogP contribution in [0.15, 0.2) is 12.1 Å². The van der Waals surface area contributed by atoms with E-state index in [1.165, 1.54) is 19.2 Å². The monoisotopic (exact) mass is 234 g/mol. The van der Waals surface area contributed by atoms with Gasteiger partial charge in [0.2, 0.25) is 0 Å². The third-order valence-corrected chi connectivity index (χ3v) is 2.19. The van der Waals surface area contributed by atoms with Crippen LogP contribution in [0.1, 0.15) is 27.9 Å². The Hall–Kier alpha value is -2.15. The number of hydrogen-bond acceptors (Lipinski definition) is 3. The zero-order chi connectivity index (χ0) is 12.8. The van der Waals surface area contributed by atoms with Crippen LogP contribution in [0.5, 0.6) is 0 Å². The van der Waals surface area contributed by atoms with E-state index in [1.54, 1.807) is 6.92 Å². The summed E-state index contributed by atoms with van der Waals surface area (Å²) in [5.41, 5.74) is 0.914. The highest BCUT2D eigenvalue weighted by Gasteiger charge is 2.08. The summed E-state index contributed by atoms with van der Waals surface area (Å²) in [5, 5.41) is 0. The van der Waals surface area contributed by atoms with Crippen molar-refractivity contribution in [1.82, 2.24) is 0 Å². The standard InChI is InChI=1S/C13H11FO3/c1-9-6-7-12(14)11(8-15)10(9)4-3-5-13(16)17-2/h6-8H,5H2,1-2H3. The number of benzene rings is 1. The first-order chi connectivity index (χ1) is 8.10. The number of rotatable bonds is 2. The molecule has 0 aliphatic rings. The molecule has 1 rings (SSSR count). The average Bonchev–Trinajstić information content (AvgIpc) is 2.33. The van der Waals surface area contributed by atoms with E-state index in [0.29, 0.717) is 17.4 Å². The minimum absolute atomic E-state index is 0.0811. The highest BCUT2D eigenvalue weighted by molar-refractivity contribution is 5.81. The lowest BCUT2D eigenvalue weighted by Gasteiger charge is -2.02. The highest BCUT2D eigenvalue weighted by atomic mass is 19.1. The van der Waals surface area contributed by atoms with Crippen LogP contribution in [0.2, 0.25) is 0 Å². The molecule has 0 saturated heterocycles. The lowest BCUT2D eigenvalue weighted by atomic mass is 10.0. The molecule has 0 aliphatic heterocycles. The summed E-state index contributed by atoms with van der Waals surface area (Å²) in [7, 11) is 1.26. The number of carbonyl (C=O) groups is 2. The maximum absolute atomic E-state index is 13.3. The molecule has 0 bridgehead atoms. The van der Waals surface area contributed by atoms with Crippen LogP contribution in [0.4, 0.5) is 4.39 Å². The van der Waals surface area contributed by atoms with Gasteiger partial charge >= 0.3 is 5.97 Å². The number of hydrogen-bond donors (Lipinski definition) is 0. The molecule has 0 aliphatic carbocycles. The Balaban J connectivity index is 3.09. The zero-order valence-electron chi connectivity index (χ0n) is 9.54. The second-order valence-corrected chi connectivity index (χ2v) is 3.33. The topological polar surface area (TPSA) is 43.4 Å². The molecule has 0 saturated carbocycles. The summed E-state index contributed by atoms with van der Waals surface area (Å²) >= 11 is 0. The third-order valence-electron chi connectivity index (χ3n) is 2.19. The van der Waals surface area contributed by atoms with Crippen LogP contribution in [-0.2, 0) is 9.53 Å². The largest absolute Gasteiger partial charge is 0.468 e. The number of aldehydes is 1. The first-order valence-corrected chi connectivity index (χ1v) is 4.90. The molecule has 0 spiro atoms. The van der Waals surface area contributed by atoms with Gasteiger partial charge in [0.1, 0.15) is 12.2 Å². The van der Waals surface area contributed by atoms with Crippen molar-refractivity contribution in [3.63, 3.8) is 0 Å². The fraction of sp³-hybridized carbons (Fsp3) is 0.231. The Morgan fingerprint density at radius 3 is 2.82 bits per heavy atom. The van der Waals surface area contributed by atoms with E-state index in [9.17, 15) is 14.0 Å². The van der Waals surface area contributed by atoms with E-state index in [4.69, 9.17) is 0 Å². The molecule has 4 heteroatoms. The Morgan fingerprint density at radius 2 is 2.24 bits per heavy atom. The second kappa shape index (κ2) is 5.80. The van der Waals surface area contributed by atoms with Crippen molar-refractivity contribution in [2.24, 2.45) is 0 Å². The third kappa shape index (κ3) is 3.15. The maximum atomic E-state index is 13.3. The SMILES string of the molecule is COC(=O)CC#Cc1c(C)ccc(F)c1C=O. The van der Waals surface area contributed by atoms with Gasteiger partial charge in [0.05, 0.1) is 12.7 Å². The van der Waals surface area contributed by atoms with Gasteiger partial charge < -0.3 is 4.74 Å². The van der Waals surface area contributed by atoms with Crippen molar-refractivity contribution >= 4 is 12.3 Å². The van der Waals surface area contributed by atoms with Gasteiger partial charge in [-0.25, -0.2) is 4.39 Å². The van der Waals surface area contributed by atoms with E-state index in [1.807, 2.05) is 0 Å².